The van der Waals surface area contributed by atoms with E-state index < -0.39 is 47.8 Å². The monoisotopic (exact) mass is 1820 g/mol. The molecule has 4 aromatic carbocycles. The summed E-state index contributed by atoms with van der Waals surface area (Å²) in [6, 6.07) is 24.7. The highest BCUT2D eigenvalue weighted by atomic mass is 127. The number of anilines is 9. The molecule has 556 valence electrons. The zero-order chi connectivity index (χ0) is 76.6. The summed E-state index contributed by atoms with van der Waals surface area (Å²) in [5, 5.41) is 81.0. The average Bonchev–Trinajstić information content (AvgIpc) is 1.68. The van der Waals surface area contributed by atoms with E-state index in [1.807, 2.05) is 70.3 Å². The van der Waals surface area contributed by atoms with Crippen LogP contribution in [0.5, 0.6) is 0 Å². The summed E-state index contributed by atoms with van der Waals surface area (Å²) < 4.78 is 73.1. The van der Waals surface area contributed by atoms with Gasteiger partial charge in [-0.25, -0.2) is 34.0 Å². The van der Waals surface area contributed by atoms with Gasteiger partial charge < -0.3 is 46.3 Å². The van der Waals surface area contributed by atoms with Crippen LogP contribution in [0.2, 0.25) is 0 Å². The van der Waals surface area contributed by atoms with Gasteiger partial charge in [-0.15, -0.1) is 52.5 Å². The number of fused-ring (bicyclic) bond motifs is 4. The zero-order valence-corrected chi connectivity index (χ0v) is 64.1. The van der Waals surface area contributed by atoms with Gasteiger partial charge in [-0.1, -0.05) is 43.0 Å². The van der Waals surface area contributed by atoms with E-state index in [2.05, 4.69) is 132 Å². The average molecular weight is 1820 g/mol. The third-order valence-electron chi connectivity index (χ3n) is 14.8. The Morgan fingerprint density at radius 1 is 0.589 bits per heavy atom. The summed E-state index contributed by atoms with van der Waals surface area (Å²) in [5.74, 6) is -2.09. The summed E-state index contributed by atoms with van der Waals surface area (Å²) in [6.45, 7) is 12.3. The Kier molecular flexibility index (Phi) is 27.1. The van der Waals surface area contributed by atoms with Crippen molar-refractivity contribution in [1.29, 1.82) is 0 Å². The van der Waals surface area contributed by atoms with E-state index in [0.29, 0.717) is 72.5 Å². The number of hydrogen-bond donors (Lipinski definition) is 11. The molecule has 1 unspecified atom stereocenters. The van der Waals surface area contributed by atoms with Crippen molar-refractivity contribution in [1.82, 2.24) is 85.0 Å². The van der Waals surface area contributed by atoms with Crippen LogP contribution in [0, 0.1) is 58.1 Å². The third kappa shape index (κ3) is 20.0. The van der Waals surface area contributed by atoms with Crippen molar-refractivity contribution in [3.63, 3.8) is 0 Å². The first-order chi connectivity index (χ1) is 51.4. The second kappa shape index (κ2) is 36.7. The number of pyridine rings is 4. The minimum absolute atomic E-state index is 0.0100. The SMILES string of the molecule is C=CCNc1nnc(-c2cn3c(C)nnc3c(F)c2Nc2ccc(I)cc2F)o1.CCONC(=O)c1cn2cnnc2cc1Nc1ccc(Br)cc1C.Cc1nnc2cc(Nc3ccc(Br)cc3F)c(C(=O)NOCC(O)CO)cn12.Cc1nnc2cc(Nc3ccc(I)cc3F)c(C(=O)NOCCO)cn12. The molecule has 0 aliphatic heterocycles. The predicted molar refractivity (Wildman–Crippen MR) is 409 cm³/mol. The van der Waals surface area contributed by atoms with Crippen LogP contribution in [0.15, 0.2) is 148 Å². The van der Waals surface area contributed by atoms with Crippen LogP contribution in [0.4, 0.5) is 69.1 Å². The fraction of sp³-hybridized carbons (Fsp3) is 0.179. The van der Waals surface area contributed by atoms with Crippen LogP contribution in [-0.4, -0.2) is 147 Å². The number of aromatic nitrogens is 14. The van der Waals surface area contributed by atoms with E-state index in [-0.39, 0.29) is 88.4 Å². The highest BCUT2D eigenvalue weighted by molar-refractivity contribution is 14.1. The van der Waals surface area contributed by atoms with E-state index >= 15 is 4.39 Å². The molecule has 1 atom stereocenters. The second-order valence-corrected chi connectivity index (χ2v) is 26.7. The molecule has 13 rings (SSSR count). The van der Waals surface area contributed by atoms with E-state index in [0.717, 1.165) is 19.3 Å². The molecule has 107 heavy (non-hydrogen) atoms. The molecule has 9 aromatic heterocycles. The molecule has 0 spiro atoms. The lowest BCUT2D eigenvalue weighted by atomic mass is 10.1. The Balaban J connectivity index is 0.000000153. The summed E-state index contributed by atoms with van der Waals surface area (Å²) in [7, 11) is 0. The lowest BCUT2D eigenvalue weighted by Crippen LogP contribution is -2.30. The Morgan fingerprint density at radius 2 is 1.10 bits per heavy atom. The van der Waals surface area contributed by atoms with Crippen molar-refractivity contribution in [2.45, 2.75) is 40.7 Å². The molecule has 0 saturated heterocycles. The van der Waals surface area contributed by atoms with Gasteiger partial charge in [0.05, 0.1) is 88.5 Å². The Morgan fingerprint density at radius 3 is 1.66 bits per heavy atom. The second-order valence-electron chi connectivity index (χ2n) is 22.4. The van der Waals surface area contributed by atoms with Gasteiger partial charge in [-0.05, 0) is 158 Å². The van der Waals surface area contributed by atoms with E-state index in [4.69, 9.17) is 29.1 Å². The molecule has 9 heterocycles. The number of hydroxylamine groups is 3. The highest BCUT2D eigenvalue weighted by Crippen LogP contribution is 2.37. The number of benzene rings is 4. The predicted octanol–water partition coefficient (Wildman–Crippen LogP) is 11.4. The van der Waals surface area contributed by atoms with Crippen LogP contribution >= 0.6 is 77.0 Å². The van der Waals surface area contributed by atoms with Crippen molar-refractivity contribution in [3.8, 4) is 11.5 Å². The van der Waals surface area contributed by atoms with Gasteiger partial charge in [-0.3, -0.25) is 46.5 Å². The lowest BCUT2D eigenvalue weighted by Gasteiger charge is -2.14. The van der Waals surface area contributed by atoms with Crippen molar-refractivity contribution >= 4 is 169 Å². The number of aliphatic hydroxyl groups is 3. The molecule has 0 aliphatic rings. The number of nitrogens with one attached hydrogen (secondary N) is 8. The van der Waals surface area contributed by atoms with E-state index in [1.54, 1.807) is 108 Å². The number of rotatable bonds is 24. The van der Waals surface area contributed by atoms with Crippen LogP contribution in [-0.2, 0) is 14.5 Å². The standard InChI is InChI=1S/C18H14F2IN7O.C17H17BrFN5O4.C16H16BrN5O2.C16H15FIN5O3/c1-3-6-22-18-27-26-17(29-18)11-8-28-9(2)24-25-16(28)14(20)15(11)23-13-5-4-10(21)7-12(13)19;1-9-21-22-16-5-15(20-14-3-2-10(18)4-13(14)19)12(6-24(9)16)17(27)23-28-8-11(26)7-25;1-3-24-21-16(23)12-8-22-9-18-20-15(22)7-14(12)19-13-5-4-11(17)6-10(13)2;1-9-20-21-15-7-14(19-13-3-2-10(18)6-12(13)17)11(8-23(9)15)16(25)22-26-5-4-24/h3-5,7-8,23H,1,6H2,2H3,(H,22,27);2-6,11,20,25-26H,7-8H2,1H3,(H,23,27);4-9,19H,3H2,1-2H3,(H,21,23);2-3,6-8,19,24H,4-5H2,1H3,(H,22,25). The fourth-order valence-corrected chi connectivity index (χ4v) is 11.3. The number of aryl methyl sites for hydroxylation is 4. The van der Waals surface area contributed by atoms with Crippen LogP contribution < -0.4 is 43.0 Å². The molecular formula is C67H62Br2F4I2N22O10. The number of halogens is 8. The molecule has 32 nitrogen and oxygen atoms in total. The van der Waals surface area contributed by atoms with Crippen molar-refractivity contribution in [3.05, 3.63) is 214 Å². The highest BCUT2D eigenvalue weighted by Gasteiger charge is 2.25. The maximum Gasteiger partial charge on any atom is 0.315 e. The number of carbonyl (C=O) groups excluding carboxylic acids is 3. The molecule has 0 bridgehead atoms. The molecule has 0 aliphatic carbocycles. The normalized spacial score (nSPS) is 11.3. The molecule has 3 amide bonds. The molecular weight excluding hydrogens is 1760 g/mol. The number of aliphatic hydroxyl groups excluding tert-OH is 3. The largest absolute Gasteiger partial charge is 0.403 e. The van der Waals surface area contributed by atoms with Crippen molar-refractivity contribution in [2.24, 2.45) is 0 Å². The van der Waals surface area contributed by atoms with Gasteiger partial charge in [0, 0.05) is 71.3 Å². The first-order valence-corrected chi connectivity index (χ1v) is 35.3. The maximum absolute atomic E-state index is 15.3. The van der Waals surface area contributed by atoms with Crippen LogP contribution in [0.25, 0.3) is 34.0 Å². The number of carbonyl (C=O) groups is 3. The third-order valence-corrected chi connectivity index (χ3v) is 17.2. The molecule has 13 aromatic rings. The minimum atomic E-state index is -1.13. The van der Waals surface area contributed by atoms with Gasteiger partial charge in [0.25, 0.3) is 23.6 Å². The molecule has 11 N–H and O–H groups in total. The first-order valence-electron chi connectivity index (χ1n) is 31.6. The molecule has 0 radical (unpaired) electrons. The van der Waals surface area contributed by atoms with E-state index in [9.17, 15) is 32.7 Å². The van der Waals surface area contributed by atoms with Gasteiger partial charge >= 0.3 is 6.01 Å². The van der Waals surface area contributed by atoms with Crippen LogP contribution in [0.1, 0.15) is 61.0 Å². The topological polar surface area (TPSA) is 396 Å². The van der Waals surface area contributed by atoms with Gasteiger partial charge in [0.1, 0.15) is 54.0 Å². The number of amides is 3. The summed E-state index contributed by atoms with van der Waals surface area (Å²) in [4.78, 5) is 52.2. The Bertz CT molecular complexity index is 5400. The first kappa shape index (κ1) is 79.1. The smallest absolute Gasteiger partial charge is 0.315 e. The van der Waals surface area contributed by atoms with Gasteiger partial charge in [0.15, 0.2) is 28.4 Å². The van der Waals surface area contributed by atoms with Gasteiger partial charge in [-0.2, -0.15) is 0 Å². The Hall–Kier alpha value is -10.5. The molecule has 0 saturated carbocycles. The van der Waals surface area contributed by atoms with Crippen LogP contribution in [0.3, 0.4) is 0 Å². The summed E-state index contributed by atoms with van der Waals surface area (Å²) >= 11 is 10.6. The summed E-state index contributed by atoms with van der Waals surface area (Å²) in [6.07, 6.45) is 8.30. The quantitative estimate of drug-likeness (QED) is 0.00880. The molecule has 40 heteroatoms. The van der Waals surface area contributed by atoms with Crippen molar-refractivity contribution in [2.75, 3.05) is 66.2 Å². The fourth-order valence-electron chi connectivity index (χ4n) is 9.60. The Labute approximate surface area is 647 Å². The lowest BCUT2D eigenvalue weighted by molar-refractivity contribution is -0.0295. The summed E-state index contributed by atoms with van der Waals surface area (Å²) in [5.41, 5.74) is 13.0. The van der Waals surface area contributed by atoms with Crippen molar-refractivity contribution < 1.29 is 66.2 Å². The molecule has 0 fully saturated rings. The minimum Gasteiger partial charge on any atom is -0.403 e. The van der Waals surface area contributed by atoms with Gasteiger partial charge in [0.2, 0.25) is 0 Å². The van der Waals surface area contributed by atoms with E-state index in [1.165, 1.54) is 47.1 Å². The number of hydrogen-bond acceptors (Lipinski definition) is 25. The maximum atomic E-state index is 15.3. The number of nitrogens with zero attached hydrogens (tertiary/aromatic N) is 14. The zero-order valence-electron chi connectivity index (χ0n) is 56.6.